The Labute approximate surface area is 170 Å². The Bertz CT molecular complexity index is 1180. The van der Waals surface area contributed by atoms with E-state index in [4.69, 9.17) is 11.6 Å². The summed E-state index contributed by atoms with van der Waals surface area (Å²) in [6.45, 7) is 3.99. The second kappa shape index (κ2) is 6.98. The Hall–Kier alpha value is -2.24. The van der Waals surface area contributed by atoms with E-state index in [1.165, 1.54) is 9.87 Å². The topological polar surface area (TPSA) is 53.2 Å². The molecule has 0 saturated carbocycles. The molecule has 28 heavy (non-hydrogen) atoms. The standard InChI is InChI=1S/C22H23ClN2O2S/c1-14-4-7-17(8-5-14)28(26,27)25(3)22-11-10-18(15(22)2)20-13-24-21-12-16(23)6-9-19(20)21/h4-9,12-13,18,24H,10-11H2,1-3H3/t18-/m1/s1. The van der Waals surface area contributed by atoms with Gasteiger partial charge in [0.25, 0.3) is 10.0 Å². The molecular weight excluding hydrogens is 392 g/mol. The Morgan fingerprint density at radius 3 is 2.54 bits per heavy atom. The number of rotatable bonds is 4. The van der Waals surface area contributed by atoms with Gasteiger partial charge in [-0.15, -0.1) is 0 Å². The molecule has 0 fully saturated rings. The maximum absolute atomic E-state index is 13.1. The monoisotopic (exact) mass is 414 g/mol. The number of allylic oxidation sites excluding steroid dienone is 2. The van der Waals surface area contributed by atoms with Crippen molar-refractivity contribution in [1.29, 1.82) is 0 Å². The summed E-state index contributed by atoms with van der Waals surface area (Å²) in [4.78, 5) is 3.62. The lowest BCUT2D eigenvalue weighted by Crippen LogP contribution is -2.26. The van der Waals surface area contributed by atoms with Crippen LogP contribution < -0.4 is 0 Å². The van der Waals surface area contributed by atoms with Crippen LogP contribution >= 0.6 is 11.6 Å². The summed E-state index contributed by atoms with van der Waals surface area (Å²) in [7, 11) is -1.90. The molecule has 2 aromatic carbocycles. The number of hydrogen-bond donors (Lipinski definition) is 1. The zero-order valence-electron chi connectivity index (χ0n) is 16.2. The number of nitrogens with zero attached hydrogens (tertiary/aromatic N) is 1. The van der Waals surface area contributed by atoms with E-state index < -0.39 is 10.0 Å². The van der Waals surface area contributed by atoms with Gasteiger partial charge in [-0.2, -0.15) is 0 Å². The lowest BCUT2D eigenvalue weighted by Gasteiger charge is -2.22. The molecule has 1 aliphatic rings. The fourth-order valence-corrected chi connectivity index (χ4v) is 5.61. The minimum Gasteiger partial charge on any atom is -0.361 e. The normalized spacial score (nSPS) is 17.5. The lowest BCUT2D eigenvalue weighted by atomic mass is 9.93. The number of aromatic nitrogens is 1. The van der Waals surface area contributed by atoms with Crippen molar-refractivity contribution >= 4 is 32.5 Å². The molecule has 0 radical (unpaired) electrons. The third-order valence-electron chi connectivity index (χ3n) is 5.76. The molecule has 4 nitrogen and oxygen atoms in total. The highest BCUT2D eigenvalue weighted by atomic mass is 35.5. The van der Waals surface area contributed by atoms with E-state index in [1.54, 1.807) is 19.2 Å². The largest absolute Gasteiger partial charge is 0.361 e. The highest BCUT2D eigenvalue weighted by Gasteiger charge is 2.32. The van der Waals surface area contributed by atoms with Gasteiger partial charge in [0, 0.05) is 40.8 Å². The molecule has 0 unspecified atom stereocenters. The van der Waals surface area contributed by atoms with Gasteiger partial charge >= 0.3 is 0 Å². The Kier molecular flexibility index (Phi) is 4.76. The van der Waals surface area contributed by atoms with E-state index in [9.17, 15) is 8.42 Å². The first-order valence-corrected chi connectivity index (χ1v) is 11.1. The van der Waals surface area contributed by atoms with Crippen LogP contribution in [-0.4, -0.2) is 24.8 Å². The number of benzene rings is 2. The zero-order chi connectivity index (χ0) is 20.1. The highest BCUT2D eigenvalue weighted by molar-refractivity contribution is 7.89. The summed E-state index contributed by atoms with van der Waals surface area (Å²) in [6.07, 6.45) is 3.65. The summed E-state index contributed by atoms with van der Waals surface area (Å²) >= 11 is 6.10. The third-order valence-corrected chi connectivity index (χ3v) is 7.80. The Morgan fingerprint density at radius 2 is 1.82 bits per heavy atom. The average molecular weight is 415 g/mol. The number of nitrogens with one attached hydrogen (secondary N) is 1. The van der Waals surface area contributed by atoms with E-state index in [-0.39, 0.29) is 5.92 Å². The van der Waals surface area contributed by atoms with Crippen molar-refractivity contribution in [2.24, 2.45) is 0 Å². The van der Waals surface area contributed by atoms with Crippen LogP contribution in [0.1, 0.15) is 36.8 Å². The van der Waals surface area contributed by atoms with E-state index in [0.717, 1.165) is 40.6 Å². The first-order chi connectivity index (χ1) is 13.3. The number of aromatic amines is 1. The molecule has 0 bridgehead atoms. The second-order valence-electron chi connectivity index (χ2n) is 7.44. The number of H-pyrrole nitrogens is 1. The van der Waals surface area contributed by atoms with E-state index in [0.29, 0.717) is 9.92 Å². The van der Waals surface area contributed by atoms with Crippen molar-refractivity contribution < 1.29 is 8.42 Å². The minimum atomic E-state index is -3.56. The maximum Gasteiger partial charge on any atom is 0.263 e. The van der Waals surface area contributed by atoms with Crippen molar-refractivity contribution in [3.05, 3.63) is 76.1 Å². The SMILES string of the molecule is CC1=C(N(C)S(=O)(=O)c2ccc(C)cc2)CC[C@H]1c1c[nH]c2cc(Cl)ccc12. The molecule has 4 rings (SSSR count). The molecule has 1 N–H and O–H groups in total. The van der Waals surface area contributed by atoms with Gasteiger partial charge in [0.15, 0.2) is 0 Å². The number of aryl methyl sites for hydroxylation is 1. The molecule has 1 aliphatic carbocycles. The van der Waals surface area contributed by atoms with E-state index in [1.807, 2.05) is 50.4 Å². The van der Waals surface area contributed by atoms with Crippen LogP contribution in [0.3, 0.4) is 0 Å². The van der Waals surface area contributed by atoms with Gasteiger partial charge in [0.2, 0.25) is 0 Å². The molecule has 0 saturated heterocycles. The summed E-state index contributed by atoms with van der Waals surface area (Å²) < 4.78 is 27.6. The number of hydrogen-bond acceptors (Lipinski definition) is 2. The van der Waals surface area contributed by atoms with Crippen LogP contribution in [0.2, 0.25) is 5.02 Å². The third kappa shape index (κ3) is 3.12. The van der Waals surface area contributed by atoms with Gasteiger partial charge in [0.05, 0.1) is 4.90 Å². The number of sulfonamides is 1. The summed E-state index contributed by atoms with van der Waals surface area (Å²) in [5.74, 6) is 0.195. The Balaban J connectivity index is 1.70. The van der Waals surface area contributed by atoms with Crippen molar-refractivity contribution in [3.63, 3.8) is 0 Å². The van der Waals surface area contributed by atoms with Gasteiger partial charge in [-0.1, -0.05) is 35.4 Å². The van der Waals surface area contributed by atoms with Gasteiger partial charge in [-0.25, -0.2) is 8.42 Å². The molecule has 0 spiro atoms. The summed E-state index contributed by atoms with van der Waals surface area (Å²) in [5.41, 5.74) is 5.23. The van der Waals surface area contributed by atoms with Crippen LogP contribution in [-0.2, 0) is 10.0 Å². The van der Waals surface area contributed by atoms with Gasteiger partial charge in [-0.05, 0) is 62.1 Å². The predicted molar refractivity (Wildman–Crippen MR) is 114 cm³/mol. The molecule has 1 heterocycles. The quantitative estimate of drug-likeness (QED) is 0.603. The van der Waals surface area contributed by atoms with Gasteiger partial charge in [0.1, 0.15) is 0 Å². The predicted octanol–water partition coefficient (Wildman–Crippen LogP) is 5.60. The van der Waals surface area contributed by atoms with Crippen LogP contribution in [0.25, 0.3) is 10.9 Å². The number of fused-ring (bicyclic) bond motifs is 1. The smallest absolute Gasteiger partial charge is 0.263 e. The molecule has 1 atom stereocenters. The molecule has 0 amide bonds. The lowest BCUT2D eigenvalue weighted by molar-refractivity contribution is 0.515. The summed E-state index contributed by atoms with van der Waals surface area (Å²) in [6, 6.07) is 12.8. The van der Waals surface area contributed by atoms with Crippen LogP contribution in [0.15, 0.2) is 64.8 Å². The molecular formula is C22H23ClN2O2S. The van der Waals surface area contributed by atoms with E-state index in [2.05, 4.69) is 4.98 Å². The zero-order valence-corrected chi connectivity index (χ0v) is 17.7. The average Bonchev–Trinajstić information content (AvgIpc) is 3.24. The Morgan fingerprint density at radius 1 is 1.11 bits per heavy atom. The van der Waals surface area contributed by atoms with Crippen molar-refractivity contribution in [1.82, 2.24) is 9.29 Å². The fourth-order valence-electron chi connectivity index (χ4n) is 4.11. The summed E-state index contributed by atoms with van der Waals surface area (Å²) in [5, 5.41) is 1.84. The van der Waals surface area contributed by atoms with Gasteiger partial charge < -0.3 is 4.98 Å². The van der Waals surface area contributed by atoms with Gasteiger partial charge in [-0.3, -0.25) is 4.31 Å². The molecule has 0 aliphatic heterocycles. The minimum absolute atomic E-state index is 0.195. The first-order valence-electron chi connectivity index (χ1n) is 9.31. The van der Waals surface area contributed by atoms with Crippen molar-refractivity contribution in [2.45, 2.75) is 37.5 Å². The molecule has 3 aromatic rings. The van der Waals surface area contributed by atoms with Crippen LogP contribution in [0.5, 0.6) is 0 Å². The van der Waals surface area contributed by atoms with Crippen molar-refractivity contribution in [2.75, 3.05) is 7.05 Å². The molecule has 146 valence electrons. The number of halogens is 1. The van der Waals surface area contributed by atoms with Crippen molar-refractivity contribution in [3.8, 4) is 0 Å². The van der Waals surface area contributed by atoms with E-state index >= 15 is 0 Å². The first kappa shape index (κ1) is 19.1. The fraction of sp³-hybridized carbons (Fsp3) is 0.273. The highest BCUT2D eigenvalue weighted by Crippen LogP contribution is 2.43. The van der Waals surface area contributed by atoms with Crippen LogP contribution in [0, 0.1) is 6.92 Å². The maximum atomic E-state index is 13.1. The van der Waals surface area contributed by atoms with Crippen LogP contribution in [0.4, 0.5) is 0 Å². The molecule has 1 aromatic heterocycles. The second-order valence-corrected chi connectivity index (χ2v) is 9.85. The molecule has 6 heteroatoms.